The van der Waals surface area contributed by atoms with Crippen LogP contribution in [0.5, 0.6) is 0 Å². The van der Waals surface area contributed by atoms with Crippen LogP contribution in [-0.2, 0) is 4.79 Å². The topological polar surface area (TPSA) is 79.0 Å². The highest BCUT2D eigenvalue weighted by Crippen LogP contribution is 2.25. The molecular formula is C18H17ClN4O2S. The standard InChI is InChI=1S/C18H17ClN4O2S/c1-4-23(11(3)24)18-20-12(9-26-18)8-14(19)16-21-15-10(2)6-5-7-13(15)17(25)22-16/h5-9H,4H2,1-3H3,(H,21,22,25)/b14-8-. The van der Waals surface area contributed by atoms with Crippen LogP contribution >= 0.6 is 22.9 Å². The van der Waals surface area contributed by atoms with Crippen LogP contribution in [0.2, 0.25) is 0 Å². The maximum atomic E-state index is 12.3. The summed E-state index contributed by atoms with van der Waals surface area (Å²) in [5.74, 6) is 0.214. The number of nitrogens with zero attached hydrogens (tertiary/aromatic N) is 3. The van der Waals surface area contributed by atoms with Crippen LogP contribution in [0.25, 0.3) is 22.0 Å². The van der Waals surface area contributed by atoms with Crippen LogP contribution in [0.1, 0.15) is 30.9 Å². The van der Waals surface area contributed by atoms with E-state index in [0.29, 0.717) is 28.3 Å². The fraction of sp³-hybridized carbons (Fsp3) is 0.222. The lowest BCUT2D eigenvalue weighted by Crippen LogP contribution is -2.27. The first-order valence-corrected chi connectivity index (χ1v) is 9.27. The summed E-state index contributed by atoms with van der Waals surface area (Å²) in [5.41, 5.74) is 1.87. The number of carbonyl (C=O) groups is 1. The number of thiazole rings is 1. The Balaban J connectivity index is 1.99. The van der Waals surface area contributed by atoms with E-state index in [9.17, 15) is 9.59 Å². The van der Waals surface area contributed by atoms with Crippen LogP contribution < -0.4 is 10.5 Å². The number of hydrogen-bond donors (Lipinski definition) is 1. The first-order chi connectivity index (χ1) is 12.4. The molecule has 26 heavy (non-hydrogen) atoms. The van der Waals surface area contributed by atoms with E-state index in [1.165, 1.54) is 18.3 Å². The molecule has 3 rings (SSSR count). The van der Waals surface area contributed by atoms with Crippen molar-refractivity contribution in [1.82, 2.24) is 15.0 Å². The maximum absolute atomic E-state index is 12.3. The van der Waals surface area contributed by atoms with Gasteiger partial charge in [-0.1, -0.05) is 23.7 Å². The lowest BCUT2D eigenvalue weighted by Gasteiger charge is -2.14. The predicted octanol–water partition coefficient (Wildman–Crippen LogP) is 3.80. The van der Waals surface area contributed by atoms with Gasteiger partial charge in [-0.15, -0.1) is 11.3 Å². The Labute approximate surface area is 159 Å². The van der Waals surface area contributed by atoms with Crippen molar-refractivity contribution in [2.24, 2.45) is 0 Å². The smallest absolute Gasteiger partial charge is 0.259 e. The molecule has 6 nitrogen and oxygen atoms in total. The summed E-state index contributed by atoms with van der Waals surface area (Å²) in [6, 6.07) is 5.43. The van der Waals surface area contributed by atoms with Crippen LogP contribution in [0.15, 0.2) is 28.4 Å². The van der Waals surface area contributed by atoms with Gasteiger partial charge in [-0.05, 0) is 31.6 Å². The zero-order valence-corrected chi connectivity index (χ0v) is 16.1. The number of para-hydroxylation sites is 1. The van der Waals surface area contributed by atoms with E-state index in [1.807, 2.05) is 26.0 Å². The number of rotatable bonds is 4. The first kappa shape index (κ1) is 18.3. The molecule has 0 spiro atoms. The van der Waals surface area contributed by atoms with Crippen molar-refractivity contribution in [2.75, 3.05) is 11.4 Å². The second-order valence-corrected chi connectivity index (χ2v) is 6.94. The van der Waals surface area contributed by atoms with E-state index in [-0.39, 0.29) is 22.3 Å². The molecule has 0 aliphatic rings. The van der Waals surface area contributed by atoms with Crippen molar-refractivity contribution in [3.8, 4) is 0 Å². The Morgan fingerprint density at radius 2 is 2.15 bits per heavy atom. The molecule has 0 fully saturated rings. The number of aromatic amines is 1. The molecule has 0 aliphatic carbocycles. The molecule has 0 saturated carbocycles. The number of aromatic nitrogens is 3. The molecule has 1 aromatic carbocycles. The van der Waals surface area contributed by atoms with Crippen molar-refractivity contribution in [3.05, 3.63) is 51.0 Å². The van der Waals surface area contributed by atoms with Crippen molar-refractivity contribution < 1.29 is 4.79 Å². The number of amides is 1. The highest BCUT2D eigenvalue weighted by atomic mass is 35.5. The number of anilines is 1. The summed E-state index contributed by atoms with van der Waals surface area (Å²) in [7, 11) is 0. The Kier molecular flexibility index (Phi) is 5.20. The van der Waals surface area contributed by atoms with Crippen molar-refractivity contribution in [1.29, 1.82) is 0 Å². The lowest BCUT2D eigenvalue weighted by molar-refractivity contribution is -0.116. The van der Waals surface area contributed by atoms with Gasteiger partial charge < -0.3 is 4.98 Å². The summed E-state index contributed by atoms with van der Waals surface area (Å²) >= 11 is 7.72. The first-order valence-electron chi connectivity index (χ1n) is 8.01. The minimum Gasteiger partial charge on any atom is -0.305 e. The fourth-order valence-corrected chi connectivity index (χ4v) is 3.67. The minimum atomic E-state index is -0.243. The normalized spacial score (nSPS) is 11.8. The van der Waals surface area contributed by atoms with Crippen LogP contribution in [-0.4, -0.2) is 27.4 Å². The third-order valence-corrected chi connectivity index (χ3v) is 5.05. The van der Waals surface area contributed by atoms with Crippen LogP contribution in [0.4, 0.5) is 5.13 Å². The number of fused-ring (bicyclic) bond motifs is 1. The predicted molar refractivity (Wildman–Crippen MR) is 107 cm³/mol. The molecule has 0 saturated heterocycles. The number of carbonyl (C=O) groups excluding carboxylic acids is 1. The molecule has 1 amide bonds. The Hall–Kier alpha value is -2.51. The summed E-state index contributed by atoms with van der Waals surface area (Å²) in [6.45, 7) is 5.82. The third-order valence-electron chi connectivity index (χ3n) is 3.88. The molecule has 134 valence electrons. The minimum absolute atomic E-state index is 0.0699. The SMILES string of the molecule is CCN(C(C)=O)c1nc(/C=C(\Cl)c2nc3c(C)cccc3c(=O)[nH]2)cs1. The largest absolute Gasteiger partial charge is 0.305 e. The second kappa shape index (κ2) is 7.39. The van der Waals surface area contributed by atoms with Gasteiger partial charge >= 0.3 is 0 Å². The molecule has 0 bridgehead atoms. The van der Waals surface area contributed by atoms with Crippen molar-refractivity contribution in [3.63, 3.8) is 0 Å². The molecule has 8 heteroatoms. The third kappa shape index (κ3) is 3.54. The van der Waals surface area contributed by atoms with Gasteiger partial charge in [0.1, 0.15) is 0 Å². The Bertz CT molecular complexity index is 1070. The highest BCUT2D eigenvalue weighted by molar-refractivity contribution is 7.14. The molecule has 0 atom stereocenters. The molecule has 0 unspecified atom stereocenters. The summed E-state index contributed by atoms with van der Waals surface area (Å²) in [5, 5.41) is 3.20. The van der Waals surface area contributed by atoms with E-state index in [4.69, 9.17) is 11.6 Å². The number of hydrogen-bond acceptors (Lipinski definition) is 5. The lowest BCUT2D eigenvalue weighted by atomic mass is 10.1. The van der Waals surface area contributed by atoms with Gasteiger partial charge in [0.15, 0.2) is 11.0 Å². The number of nitrogens with one attached hydrogen (secondary N) is 1. The number of benzene rings is 1. The second-order valence-electron chi connectivity index (χ2n) is 5.70. The van der Waals surface area contributed by atoms with Gasteiger partial charge in [-0.2, -0.15) is 0 Å². The van der Waals surface area contributed by atoms with Gasteiger partial charge in [-0.3, -0.25) is 14.5 Å². The van der Waals surface area contributed by atoms with E-state index in [1.54, 1.807) is 22.4 Å². The van der Waals surface area contributed by atoms with E-state index in [0.717, 1.165) is 5.56 Å². The molecule has 1 N–H and O–H groups in total. The zero-order valence-electron chi connectivity index (χ0n) is 14.5. The summed E-state index contributed by atoms with van der Waals surface area (Å²) < 4.78 is 0. The quantitative estimate of drug-likeness (QED) is 0.737. The van der Waals surface area contributed by atoms with Gasteiger partial charge in [-0.25, -0.2) is 9.97 Å². The van der Waals surface area contributed by atoms with Gasteiger partial charge in [0.05, 0.1) is 21.6 Å². The molecule has 3 aromatic rings. The van der Waals surface area contributed by atoms with Crippen LogP contribution in [0.3, 0.4) is 0 Å². The summed E-state index contributed by atoms with van der Waals surface area (Å²) in [6.07, 6.45) is 1.62. The summed E-state index contributed by atoms with van der Waals surface area (Å²) in [4.78, 5) is 37.1. The zero-order chi connectivity index (χ0) is 18.8. The average molecular weight is 389 g/mol. The number of H-pyrrole nitrogens is 1. The highest BCUT2D eigenvalue weighted by Gasteiger charge is 2.14. The fourth-order valence-electron chi connectivity index (χ4n) is 2.58. The molecule has 0 aliphatic heterocycles. The molecule has 2 heterocycles. The van der Waals surface area contributed by atoms with E-state index >= 15 is 0 Å². The van der Waals surface area contributed by atoms with E-state index in [2.05, 4.69) is 15.0 Å². The molecule has 0 radical (unpaired) electrons. The Morgan fingerprint density at radius 1 is 1.38 bits per heavy atom. The van der Waals surface area contributed by atoms with Gasteiger partial charge in [0.25, 0.3) is 5.56 Å². The Morgan fingerprint density at radius 3 is 2.85 bits per heavy atom. The molecule has 2 aromatic heterocycles. The number of aryl methyl sites for hydroxylation is 1. The molecular weight excluding hydrogens is 372 g/mol. The number of halogens is 1. The maximum Gasteiger partial charge on any atom is 0.259 e. The van der Waals surface area contributed by atoms with Crippen molar-refractivity contribution >= 4 is 56.0 Å². The van der Waals surface area contributed by atoms with Crippen molar-refractivity contribution in [2.45, 2.75) is 20.8 Å². The van der Waals surface area contributed by atoms with E-state index < -0.39 is 0 Å². The van der Waals surface area contributed by atoms with Crippen LogP contribution in [0, 0.1) is 6.92 Å². The monoisotopic (exact) mass is 388 g/mol. The van der Waals surface area contributed by atoms with Gasteiger partial charge in [0.2, 0.25) is 5.91 Å². The average Bonchev–Trinajstić information content (AvgIpc) is 3.04. The van der Waals surface area contributed by atoms with Gasteiger partial charge in [0, 0.05) is 18.8 Å².